The van der Waals surface area contributed by atoms with Crippen LogP contribution in [0.4, 0.5) is 0 Å². The quantitative estimate of drug-likeness (QED) is 0.104. The predicted octanol–water partition coefficient (Wildman–Crippen LogP) is 6.15. The van der Waals surface area contributed by atoms with Crippen molar-refractivity contribution >= 4 is 43.9 Å². The Morgan fingerprint density at radius 3 is 2.29 bits per heavy atom. The third kappa shape index (κ3) is 7.19. The average Bonchev–Trinajstić information content (AvgIpc) is 3.93. The monoisotopic (exact) mass is 695 g/mol. The Kier molecular flexibility index (Phi) is 9.29. The van der Waals surface area contributed by atoms with Crippen molar-refractivity contribution in [3.63, 3.8) is 0 Å². The van der Waals surface area contributed by atoms with E-state index < -0.39 is 8.07 Å². The molecule has 0 aliphatic carbocycles. The summed E-state index contributed by atoms with van der Waals surface area (Å²) in [5.74, 6) is -0.276. The Labute approximate surface area is 300 Å². The van der Waals surface area contributed by atoms with E-state index in [0.717, 1.165) is 86.3 Å². The summed E-state index contributed by atoms with van der Waals surface area (Å²) >= 11 is 0. The first kappa shape index (κ1) is 34.2. The van der Waals surface area contributed by atoms with Gasteiger partial charge in [0.15, 0.2) is 0 Å². The number of hydrogen-bond donors (Lipinski definition) is 5. The van der Waals surface area contributed by atoms with E-state index in [1.165, 1.54) is 28.0 Å². The average molecular weight is 696 g/mol. The van der Waals surface area contributed by atoms with Gasteiger partial charge in [0, 0.05) is 75.6 Å². The summed E-state index contributed by atoms with van der Waals surface area (Å²) in [6.07, 6.45) is 13.9. The van der Waals surface area contributed by atoms with Gasteiger partial charge >= 0.3 is 5.97 Å². The SMILES string of the molecule is CCc1c2[nH]c(c1C)C=c1ccc([nH]1)=C(c1ccc(C(=O)OCC[Si](C)(C)C)cc1)c1ccc([nH]1)C=c1[nH]c(c(CC)c1C)=CC1=CCC(=C2)N1. The zero-order chi connectivity index (χ0) is 35.9. The number of nitrogens with one attached hydrogen (secondary N) is 5. The van der Waals surface area contributed by atoms with Crippen LogP contribution in [0.3, 0.4) is 0 Å². The number of ether oxygens (including phenoxy) is 1. The van der Waals surface area contributed by atoms with E-state index >= 15 is 0 Å². The number of hydrogen-bond acceptors (Lipinski definition) is 3. The topological polar surface area (TPSA) is 101 Å². The first-order valence-electron chi connectivity index (χ1n) is 18.2. The van der Waals surface area contributed by atoms with Crippen molar-refractivity contribution in [3.05, 3.63) is 144 Å². The fourth-order valence-corrected chi connectivity index (χ4v) is 7.90. The number of allylic oxidation sites excluding steroid dienone is 2. The van der Waals surface area contributed by atoms with Crippen molar-refractivity contribution in [3.8, 4) is 0 Å². The Morgan fingerprint density at radius 2 is 1.55 bits per heavy atom. The lowest BCUT2D eigenvalue weighted by atomic mass is 10.0. The number of aromatic nitrogens is 4. The van der Waals surface area contributed by atoms with Crippen molar-refractivity contribution in [2.45, 2.75) is 72.6 Å². The molecule has 2 aliphatic rings. The number of aromatic amines is 4. The van der Waals surface area contributed by atoms with E-state index in [9.17, 15) is 4.79 Å². The van der Waals surface area contributed by atoms with Crippen LogP contribution < -0.4 is 26.7 Å². The van der Waals surface area contributed by atoms with Crippen LogP contribution in [0, 0.1) is 13.8 Å². The molecule has 0 unspecified atom stereocenters. The molecule has 1 aromatic carbocycles. The molecule has 0 saturated carbocycles. The van der Waals surface area contributed by atoms with Gasteiger partial charge in [-0.25, -0.2) is 4.79 Å². The molecule has 7 rings (SSSR count). The van der Waals surface area contributed by atoms with E-state index in [1.54, 1.807) is 0 Å². The van der Waals surface area contributed by atoms with Gasteiger partial charge in [0.05, 0.1) is 12.2 Å². The highest BCUT2D eigenvalue weighted by atomic mass is 28.3. The largest absolute Gasteiger partial charge is 0.462 e. The molecule has 0 saturated heterocycles. The standard InChI is InChI=1S/C43H49N5O2Si/c1-8-34-26(3)38-22-32-16-18-36(45-32)42(28-10-12-29(13-11-28)43(49)50-20-21-51(5,6)7)37-19-17-33(46-37)23-39-27(4)35(9-2)41(48-39)25-31-15-14-30(44-31)24-40(34)47-38/h10-14,16-19,22-25,44-48H,8-9,15,20-21H2,1-7H3. The molecule has 0 radical (unpaired) electrons. The molecular formula is C43H49N5O2Si. The van der Waals surface area contributed by atoms with Gasteiger partial charge in [0.25, 0.3) is 0 Å². The Balaban J connectivity index is 1.38. The minimum Gasteiger partial charge on any atom is -0.462 e. The number of carbonyl (C=O) groups excluding carboxylic acids is 1. The summed E-state index contributed by atoms with van der Waals surface area (Å²) < 4.78 is 5.64. The Morgan fingerprint density at radius 1 is 0.765 bits per heavy atom. The third-order valence-electron chi connectivity index (χ3n) is 10.1. The summed E-state index contributed by atoms with van der Waals surface area (Å²) in [7, 11) is -1.30. The van der Waals surface area contributed by atoms with E-state index in [2.05, 4.69) is 127 Å². The molecule has 2 aliphatic heterocycles. The van der Waals surface area contributed by atoms with Gasteiger partial charge in [0.2, 0.25) is 0 Å². The van der Waals surface area contributed by atoms with Crippen LogP contribution in [0.1, 0.15) is 81.2 Å². The normalized spacial score (nSPS) is 14.1. The lowest BCUT2D eigenvalue weighted by molar-refractivity contribution is 0.0525. The molecule has 6 heterocycles. The first-order valence-corrected chi connectivity index (χ1v) is 21.9. The molecule has 262 valence electrons. The van der Waals surface area contributed by atoms with Crippen LogP contribution >= 0.6 is 0 Å². The second-order valence-corrected chi connectivity index (χ2v) is 20.6. The lowest BCUT2D eigenvalue weighted by Gasteiger charge is -2.15. The summed E-state index contributed by atoms with van der Waals surface area (Å²) in [5.41, 5.74) is 14.2. The third-order valence-corrected chi connectivity index (χ3v) is 11.8. The van der Waals surface area contributed by atoms with Crippen LogP contribution in [0.5, 0.6) is 0 Å². The first-order chi connectivity index (χ1) is 24.5. The second kappa shape index (κ2) is 13.8. The second-order valence-electron chi connectivity index (χ2n) is 15.0. The molecule has 0 amide bonds. The predicted molar refractivity (Wildman–Crippen MR) is 212 cm³/mol. The highest BCUT2D eigenvalue weighted by Crippen LogP contribution is 2.25. The van der Waals surface area contributed by atoms with Crippen LogP contribution in [0.15, 0.2) is 66.0 Å². The number of H-pyrrole nitrogens is 4. The number of fused-ring (bicyclic) bond motifs is 10. The van der Waals surface area contributed by atoms with Crippen molar-refractivity contribution in [1.82, 2.24) is 25.3 Å². The zero-order valence-corrected chi connectivity index (χ0v) is 31.9. The molecule has 4 aromatic heterocycles. The number of esters is 1. The Hall–Kier alpha value is -5.21. The molecule has 10 bridgehead atoms. The summed E-state index contributed by atoms with van der Waals surface area (Å²) in [6, 6.07) is 17.2. The van der Waals surface area contributed by atoms with Crippen LogP contribution in [0.2, 0.25) is 25.7 Å². The van der Waals surface area contributed by atoms with E-state index in [0.29, 0.717) is 12.2 Å². The molecule has 0 fully saturated rings. The summed E-state index contributed by atoms with van der Waals surface area (Å²) in [6.45, 7) is 16.1. The highest BCUT2D eigenvalue weighted by Gasteiger charge is 2.17. The van der Waals surface area contributed by atoms with E-state index in [4.69, 9.17) is 4.74 Å². The van der Waals surface area contributed by atoms with Crippen molar-refractivity contribution in [2.75, 3.05) is 6.61 Å². The Bertz CT molecular complexity index is 2440. The molecular weight excluding hydrogens is 647 g/mol. The smallest absolute Gasteiger partial charge is 0.338 e. The fraction of sp³-hybridized carbons (Fsp3) is 0.279. The van der Waals surface area contributed by atoms with Gasteiger partial charge in [-0.3, -0.25) is 0 Å². The fourth-order valence-electron chi connectivity index (χ4n) is 7.19. The van der Waals surface area contributed by atoms with E-state index in [-0.39, 0.29) is 5.97 Å². The van der Waals surface area contributed by atoms with Gasteiger partial charge in [-0.15, -0.1) is 0 Å². The summed E-state index contributed by atoms with van der Waals surface area (Å²) in [4.78, 5) is 27.8. The van der Waals surface area contributed by atoms with Crippen LogP contribution in [-0.4, -0.2) is 40.6 Å². The molecule has 7 nitrogen and oxygen atoms in total. The minimum absolute atomic E-state index is 0.276. The van der Waals surface area contributed by atoms with Gasteiger partial charge < -0.3 is 30.0 Å². The number of carbonyl (C=O) groups is 1. The maximum Gasteiger partial charge on any atom is 0.338 e. The van der Waals surface area contributed by atoms with Gasteiger partial charge in [-0.05, 0) is 121 Å². The number of benzene rings is 1. The highest BCUT2D eigenvalue weighted by molar-refractivity contribution is 6.76. The zero-order valence-electron chi connectivity index (χ0n) is 30.9. The van der Waals surface area contributed by atoms with Crippen LogP contribution in [-0.2, 0) is 17.6 Å². The molecule has 5 N–H and O–H groups in total. The van der Waals surface area contributed by atoms with Crippen molar-refractivity contribution in [2.24, 2.45) is 0 Å². The lowest BCUT2D eigenvalue weighted by Crippen LogP contribution is -2.22. The summed E-state index contributed by atoms with van der Waals surface area (Å²) in [5, 5.41) is 7.87. The number of rotatable bonds is 7. The molecule has 8 heteroatoms. The van der Waals surface area contributed by atoms with Gasteiger partial charge in [0.1, 0.15) is 0 Å². The molecule has 0 atom stereocenters. The van der Waals surface area contributed by atoms with Crippen molar-refractivity contribution < 1.29 is 9.53 Å². The van der Waals surface area contributed by atoms with Crippen LogP contribution in [0.25, 0.3) is 29.9 Å². The maximum atomic E-state index is 12.9. The van der Waals surface area contributed by atoms with Gasteiger partial charge in [-0.2, -0.15) is 0 Å². The molecule has 5 aromatic rings. The van der Waals surface area contributed by atoms with Crippen molar-refractivity contribution in [1.29, 1.82) is 0 Å². The maximum absolute atomic E-state index is 12.9. The minimum atomic E-state index is -1.30. The van der Waals surface area contributed by atoms with Gasteiger partial charge in [-0.1, -0.05) is 51.7 Å². The molecule has 51 heavy (non-hydrogen) atoms. The molecule has 0 spiro atoms. The van der Waals surface area contributed by atoms with E-state index in [1.807, 2.05) is 24.3 Å².